The largest absolute Gasteiger partial charge is 0.465 e. The van der Waals surface area contributed by atoms with Crippen LogP contribution in [0.3, 0.4) is 0 Å². The lowest BCUT2D eigenvalue weighted by Crippen LogP contribution is -2.70. The molecular weight excluding hydrogens is 504 g/mol. The van der Waals surface area contributed by atoms with E-state index in [1.54, 1.807) is 7.05 Å². The number of anilines is 1. The summed E-state index contributed by atoms with van der Waals surface area (Å²) in [7, 11) is 1.76. The number of nitrogens with two attached hydrogens (primary N) is 1. The third kappa shape index (κ3) is 6.07. The van der Waals surface area contributed by atoms with Gasteiger partial charge < -0.3 is 10.1 Å². The molecule has 38 heavy (non-hydrogen) atoms. The van der Waals surface area contributed by atoms with Gasteiger partial charge in [-0.15, -0.1) is 11.8 Å². The highest BCUT2D eigenvalue weighted by Gasteiger charge is 2.38. The molecule has 2 aromatic rings. The fourth-order valence-corrected chi connectivity index (χ4v) is 6.04. The number of ether oxygens (including phenoxy) is 1. The van der Waals surface area contributed by atoms with E-state index < -0.39 is 5.25 Å². The number of fused-ring (bicyclic) bond motifs is 3. The first-order chi connectivity index (χ1) is 18.3. The lowest BCUT2D eigenvalue weighted by molar-refractivity contribution is -0.422. The van der Waals surface area contributed by atoms with E-state index in [1.807, 2.05) is 42.5 Å². The highest BCUT2D eigenvalue weighted by Crippen LogP contribution is 2.48. The number of nitrogens with zero attached hydrogens (tertiary/aromatic N) is 1. The van der Waals surface area contributed by atoms with Crippen molar-refractivity contribution in [2.45, 2.75) is 43.8 Å². The number of thioether (sulfide) groups is 1. The zero-order chi connectivity index (χ0) is 27.2. The Hall–Kier alpha value is -3.66. The molecule has 1 aliphatic carbocycles. The van der Waals surface area contributed by atoms with Gasteiger partial charge in [-0.1, -0.05) is 36.4 Å². The Morgan fingerprint density at radius 3 is 2.66 bits per heavy atom. The highest BCUT2D eigenvalue weighted by atomic mass is 32.2. The van der Waals surface area contributed by atoms with Crippen LogP contribution in [-0.2, 0) is 23.9 Å². The zero-order valence-corrected chi connectivity index (χ0v) is 22.4. The number of likely N-dealkylation sites (tertiary alicyclic amines) is 1. The lowest BCUT2D eigenvalue weighted by atomic mass is 9.96. The van der Waals surface area contributed by atoms with Gasteiger partial charge >= 0.3 is 5.97 Å². The molecule has 2 unspecified atom stereocenters. The molecule has 3 amide bonds. The van der Waals surface area contributed by atoms with Crippen molar-refractivity contribution in [2.24, 2.45) is 5.73 Å². The van der Waals surface area contributed by atoms with Gasteiger partial charge in [-0.3, -0.25) is 34.8 Å². The Labute approximate surface area is 226 Å². The van der Waals surface area contributed by atoms with Crippen LogP contribution in [0.1, 0.15) is 49.7 Å². The van der Waals surface area contributed by atoms with Gasteiger partial charge in [0, 0.05) is 44.3 Å². The van der Waals surface area contributed by atoms with Gasteiger partial charge in [-0.25, -0.2) is 0 Å². The summed E-state index contributed by atoms with van der Waals surface area (Å²) in [4.78, 5) is 53.8. The van der Waals surface area contributed by atoms with Crippen molar-refractivity contribution < 1.29 is 28.9 Å². The highest BCUT2D eigenvalue weighted by molar-refractivity contribution is 8.00. The minimum atomic E-state index is -0.417. The molecule has 0 saturated carbocycles. The summed E-state index contributed by atoms with van der Waals surface area (Å²) in [6.07, 6.45) is 1.66. The van der Waals surface area contributed by atoms with E-state index in [0.29, 0.717) is 17.9 Å². The molecule has 0 spiro atoms. The molecule has 0 radical (unpaired) electrons. The molecule has 2 aromatic carbocycles. The summed E-state index contributed by atoms with van der Waals surface area (Å²) in [5.74, 6) is 0.0515. The quantitative estimate of drug-likeness (QED) is 0.130. The fourth-order valence-electron chi connectivity index (χ4n) is 4.92. The molecular formula is C28H33N4O5S+. The van der Waals surface area contributed by atoms with Crippen LogP contribution in [0.4, 0.5) is 5.69 Å². The van der Waals surface area contributed by atoms with Crippen molar-refractivity contribution in [2.75, 3.05) is 31.3 Å². The predicted octanol–water partition coefficient (Wildman–Crippen LogP) is 1.40. The summed E-state index contributed by atoms with van der Waals surface area (Å²) in [5.41, 5.74) is 10.3. The van der Waals surface area contributed by atoms with Gasteiger partial charge in [-0.05, 0) is 40.5 Å². The second-order valence-corrected chi connectivity index (χ2v) is 10.6. The van der Waals surface area contributed by atoms with Gasteiger partial charge in [-0.2, -0.15) is 0 Å². The SMILES string of the molecule is C[NH+]=C(N)CCCSC1CC(=O)N(CCC(=O)Nc2cccc3c2C(COC(C)=O)c2ccccc2-3)C1=O. The molecule has 1 heterocycles. The van der Waals surface area contributed by atoms with E-state index in [-0.39, 0.29) is 55.6 Å². The Kier molecular flexibility index (Phi) is 8.83. The Balaban J connectivity index is 1.38. The van der Waals surface area contributed by atoms with Crippen LogP contribution in [-0.4, -0.2) is 65.6 Å². The third-order valence-corrected chi connectivity index (χ3v) is 8.10. The second kappa shape index (κ2) is 12.3. The van der Waals surface area contributed by atoms with Gasteiger partial charge in [0.25, 0.3) is 0 Å². The van der Waals surface area contributed by atoms with Crippen molar-refractivity contribution in [3.8, 4) is 11.1 Å². The Morgan fingerprint density at radius 1 is 1.13 bits per heavy atom. The van der Waals surface area contributed by atoms with Crippen LogP contribution in [0.25, 0.3) is 11.1 Å². The first-order valence-electron chi connectivity index (χ1n) is 12.7. The molecule has 0 bridgehead atoms. The maximum Gasteiger partial charge on any atom is 0.302 e. The van der Waals surface area contributed by atoms with E-state index in [2.05, 4.69) is 10.3 Å². The van der Waals surface area contributed by atoms with Crippen LogP contribution in [0, 0.1) is 0 Å². The molecule has 0 aromatic heterocycles. The number of benzene rings is 2. The predicted molar refractivity (Wildman–Crippen MR) is 146 cm³/mol. The number of carbonyl (C=O) groups is 4. The van der Waals surface area contributed by atoms with Crippen molar-refractivity contribution in [3.05, 3.63) is 53.6 Å². The topological polar surface area (TPSA) is 133 Å². The number of amidine groups is 1. The molecule has 1 aliphatic heterocycles. The number of nitrogens with one attached hydrogen (secondary N) is 2. The molecule has 4 rings (SSSR count). The van der Waals surface area contributed by atoms with Gasteiger partial charge in [0.2, 0.25) is 23.6 Å². The zero-order valence-electron chi connectivity index (χ0n) is 21.6. The summed E-state index contributed by atoms with van der Waals surface area (Å²) in [6.45, 7) is 1.58. The van der Waals surface area contributed by atoms with Crippen molar-refractivity contribution in [1.29, 1.82) is 0 Å². The maximum atomic E-state index is 12.9. The molecule has 2 atom stereocenters. The number of hydrogen-bond donors (Lipinski definition) is 3. The molecule has 1 saturated heterocycles. The number of carbonyl (C=O) groups excluding carboxylic acids is 4. The summed E-state index contributed by atoms with van der Waals surface area (Å²) in [5, 5.41) is 2.55. The summed E-state index contributed by atoms with van der Waals surface area (Å²) in [6, 6.07) is 13.6. The van der Waals surface area contributed by atoms with Crippen LogP contribution in [0.2, 0.25) is 0 Å². The van der Waals surface area contributed by atoms with E-state index in [9.17, 15) is 19.2 Å². The van der Waals surface area contributed by atoms with Crippen LogP contribution < -0.4 is 16.0 Å². The average Bonchev–Trinajstić information content (AvgIpc) is 3.37. The maximum absolute atomic E-state index is 12.9. The number of hydrogen-bond acceptors (Lipinski definition) is 6. The number of amides is 3. The molecule has 2 aliphatic rings. The molecule has 4 N–H and O–H groups in total. The molecule has 200 valence electrons. The van der Waals surface area contributed by atoms with Gasteiger partial charge in [0.05, 0.1) is 12.3 Å². The number of rotatable bonds is 11. The summed E-state index contributed by atoms with van der Waals surface area (Å²) >= 11 is 1.46. The van der Waals surface area contributed by atoms with E-state index in [4.69, 9.17) is 10.5 Å². The van der Waals surface area contributed by atoms with Crippen molar-refractivity contribution in [3.63, 3.8) is 0 Å². The summed E-state index contributed by atoms with van der Waals surface area (Å²) < 4.78 is 5.35. The number of esters is 1. The Morgan fingerprint density at radius 2 is 1.89 bits per heavy atom. The first kappa shape index (κ1) is 27.4. The number of imide groups is 1. The van der Waals surface area contributed by atoms with Gasteiger partial charge in [0.15, 0.2) is 0 Å². The Bertz CT molecular complexity index is 1280. The van der Waals surface area contributed by atoms with E-state index in [0.717, 1.165) is 34.4 Å². The third-order valence-electron chi connectivity index (χ3n) is 6.80. The van der Waals surface area contributed by atoms with Crippen molar-refractivity contribution in [1.82, 2.24) is 4.90 Å². The fraction of sp³-hybridized carbons (Fsp3) is 0.393. The molecule has 10 heteroatoms. The van der Waals surface area contributed by atoms with Crippen LogP contribution in [0.5, 0.6) is 0 Å². The van der Waals surface area contributed by atoms with Crippen LogP contribution in [0.15, 0.2) is 42.5 Å². The van der Waals surface area contributed by atoms with E-state index in [1.165, 1.54) is 23.6 Å². The lowest BCUT2D eigenvalue weighted by Gasteiger charge is -2.18. The first-order valence-corrected chi connectivity index (χ1v) is 13.7. The molecule has 1 fully saturated rings. The minimum Gasteiger partial charge on any atom is -0.465 e. The smallest absolute Gasteiger partial charge is 0.302 e. The van der Waals surface area contributed by atoms with Crippen LogP contribution >= 0.6 is 11.8 Å². The van der Waals surface area contributed by atoms with Gasteiger partial charge in [0.1, 0.15) is 6.61 Å². The monoisotopic (exact) mass is 537 g/mol. The normalized spacial score (nSPS) is 18.4. The average molecular weight is 538 g/mol. The standard InChI is InChI=1S/C28H32N4O5S/c1-17(33)37-16-21-19-8-4-3-7-18(19)20-9-5-10-22(27(20)21)31-25(34)12-13-32-26(35)15-23(28(32)36)38-14-6-11-24(29)30-2/h3-5,7-10,21,23H,6,11-16H2,1-2H3,(H2,29,30)(H,31,34)/p+1. The molecule has 9 nitrogen and oxygen atoms in total. The minimum absolute atomic E-state index is 0.00619. The van der Waals surface area contributed by atoms with Crippen molar-refractivity contribution >= 4 is 47.0 Å². The second-order valence-electron chi connectivity index (χ2n) is 9.33. The van der Waals surface area contributed by atoms with E-state index >= 15 is 0 Å².